The van der Waals surface area contributed by atoms with E-state index in [1.165, 1.54) is 17.7 Å². The molecule has 3 aromatic rings. The largest absolute Gasteiger partial charge is 0.316 e. The molecule has 136 valence electrons. The maximum absolute atomic E-state index is 4.83. The Labute approximate surface area is 161 Å². The van der Waals surface area contributed by atoms with Crippen LogP contribution in [-0.2, 0) is 6.54 Å². The van der Waals surface area contributed by atoms with Gasteiger partial charge in [0.15, 0.2) is 5.13 Å². The van der Waals surface area contributed by atoms with E-state index in [4.69, 9.17) is 9.97 Å². The molecule has 26 heavy (non-hydrogen) atoms. The summed E-state index contributed by atoms with van der Waals surface area (Å²) in [5.41, 5.74) is 0.977. The number of anilines is 2. The molecule has 4 heterocycles. The highest BCUT2D eigenvalue weighted by molar-refractivity contribution is 7.15. The van der Waals surface area contributed by atoms with E-state index in [-0.39, 0.29) is 6.04 Å². The van der Waals surface area contributed by atoms with Gasteiger partial charge in [0.25, 0.3) is 0 Å². The third-order valence-corrected chi connectivity index (χ3v) is 6.05. The van der Waals surface area contributed by atoms with Crippen molar-refractivity contribution >= 4 is 33.6 Å². The molecule has 1 atom stereocenters. The highest BCUT2D eigenvalue weighted by Crippen LogP contribution is 2.32. The second-order valence-electron chi connectivity index (χ2n) is 6.56. The lowest BCUT2D eigenvalue weighted by Gasteiger charge is -2.34. The summed E-state index contributed by atoms with van der Waals surface area (Å²) in [6.45, 7) is 6.01. The molecule has 0 aromatic carbocycles. The molecule has 0 saturated carbocycles. The SMILES string of the molecule is Cc1cc(Nc2ncc(C)s2)nc(C2CCCCN2Cc2nccs2)n1. The van der Waals surface area contributed by atoms with Crippen molar-refractivity contribution in [2.75, 3.05) is 11.9 Å². The first-order valence-electron chi connectivity index (χ1n) is 8.85. The molecule has 6 nitrogen and oxygen atoms in total. The summed E-state index contributed by atoms with van der Waals surface area (Å²) < 4.78 is 0. The van der Waals surface area contributed by atoms with Gasteiger partial charge in [0, 0.05) is 34.4 Å². The Morgan fingerprint density at radius 3 is 2.92 bits per heavy atom. The van der Waals surface area contributed by atoms with Crippen LogP contribution >= 0.6 is 22.7 Å². The van der Waals surface area contributed by atoms with Gasteiger partial charge in [0.05, 0.1) is 12.6 Å². The van der Waals surface area contributed by atoms with Gasteiger partial charge in [0.2, 0.25) is 0 Å². The van der Waals surface area contributed by atoms with Crippen LogP contribution in [0, 0.1) is 13.8 Å². The molecule has 1 aliphatic rings. The molecule has 1 aliphatic heterocycles. The van der Waals surface area contributed by atoms with Gasteiger partial charge >= 0.3 is 0 Å². The van der Waals surface area contributed by atoms with Crippen molar-refractivity contribution in [1.29, 1.82) is 0 Å². The van der Waals surface area contributed by atoms with Crippen molar-refractivity contribution in [1.82, 2.24) is 24.8 Å². The van der Waals surface area contributed by atoms with Crippen molar-refractivity contribution in [3.63, 3.8) is 0 Å². The Hall–Kier alpha value is -1.90. The zero-order valence-electron chi connectivity index (χ0n) is 15.0. The van der Waals surface area contributed by atoms with Gasteiger partial charge in [-0.3, -0.25) is 4.90 Å². The van der Waals surface area contributed by atoms with Crippen molar-refractivity contribution in [2.24, 2.45) is 0 Å². The summed E-state index contributed by atoms with van der Waals surface area (Å²) in [7, 11) is 0. The average Bonchev–Trinajstić information content (AvgIpc) is 3.27. The van der Waals surface area contributed by atoms with Crippen LogP contribution in [0.2, 0.25) is 0 Å². The minimum absolute atomic E-state index is 0.242. The summed E-state index contributed by atoms with van der Waals surface area (Å²) in [5, 5.41) is 7.39. The summed E-state index contributed by atoms with van der Waals surface area (Å²) in [5.74, 6) is 1.72. The number of nitrogens with one attached hydrogen (secondary N) is 1. The molecule has 0 radical (unpaired) electrons. The van der Waals surface area contributed by atoms with Crippen molar-refractivity contribution < 1.29 is 0 Å². The molecule has 8 heteroatoms. The number of thiazole rings is 2. The number of nitrogens with zero attached hydrogens (tertiary/aromatic N) is 5. The minimum atomic E-state index is 0.242. The van der Waals surface area contributed by atoms with Crippen LogP contribution in [0.1, 0.15) is 46.7 Å². The Morgan fingerprint density at radius 1 is 1.23 bits per heavy atom. The number of rotatable bonds is 5. The van der Waals surface area contributed by atoms with Gasteiger partial charge in [-0.1, -0.05) is 6.42 Å². The van der Waals surface area contributed by atoms with Gasteiger partial charge in [-0.25, -0.2) is 19.9 Å². The monoisotopic (exact) mass is 386 g/mol. The normalized spacial score (nSPS) is 18.2. The van der Waals surface area contributed by atoms with Crippen LogP contribution in [-0.4, -0.2) is 31.4 Å². The summed E-state index contributed by atoms with van der Waals surface area (Å²) in [6, 6.07) is 2.22. The van der Waals surface area contributed by atoms with Crippen LogP contribution in [0.4, 0.5) is 10.9 Å². The van der Waals surface area contributed by atoms with Crippen LogP contribution < -0.4 is 5.32 Å². The number of aromatic nitrogens is 4. The standard InChI is InChI=1S/C18H22N6S2/c1-12-9-15(23-18-20-10-13(2)26-18)22-17(21-12)14-5-3-4-7-24(14)11-16-19-6-8-25-16/h6,8-10,14H,3-5,7,11H2,1-2H3,(H,20,21,22,23). The molecule has 0 aliphatic carbocycles. The van der Waals surface area contributed by atoms with E-state index in [0.717, 1.165) is 47.0 Å². The van der Waals surface area contributed by atoms with E-state index < -0.39 is 0 Å². The van der Waals surface area contributed by atoms with E-state index >= 15 is 0 Å². The highest BCUT2D eigenvalue weighted by atomic mass is 32.1. The average molecular weight is 387 g/mol. The van der Waals surface area contributed by atoms with Crippen LogP contribution in [0.15, 0.2) is 23.8 Å². The molecule has 0 bridgehead atoms. The van der Waals surface area contributed by atoms with E-state index in [0.29, 0.717) is 0 Å². The highest BCUT2D eigenvalue weighted by Gasteiger charge is 2.27. The molecule has 0 amide bonds. The molecule has 3 aromatic heterocycles. The Morgan fingerprint density at radius 2 is 2.15 bits per heavy atom. The molecular formula is C18H22N6S2. The second-order valence-corrected chi connectivity index (χ2v) is 8.78. The first-order chi connectivity index (χ1) is 12.7. The third-order valence-electron chi connectivity index (χ3n) is 4.46. The molecule has 4 rings (SSSR count). The topological polar surface area (TPSA) is 66.8 Å². The lowest BCUT2D eigenvalue weighted by atomic mass is 10.0. The van der Waals surface area contributed by atoms with Crippen LogP contribution in [0.5, 0.6) is 0 Å². The molecule has 1 saturated heterocycles. The molecule has 1 fully saturated rings. The van der Waals surface area contributed by atoms with E-state index in [9.17, 15) is 0 Å². The third kappa shape index (κ3) is 4.08. The van der Waals surface area contributed by atoms with E-state index in [2.05, 4.69) is 27.1 Å². The fraction of sp³-hybridized carbons (Fsp3) is 0.444. The quantitative estimate of drug-likeness (QED) is 0.697. The van der Waals surface area contributed by atoms with E-state index in [1.807, 2.05) is 30.8 Å². The van der Waals surface area contributed by atoms with Gasteiger partial charge in [-0.2, -0.15) is 0 Å². The molecule has 1 N–H and O–H groups in total. The van der Waals surface area contributed by atoms with Crippen molar-refractivity contribution in [2.45, 2.75) is 45.7 Å². The van der Waals surface area contributed by atoms with Crippen molar-refractivity contribution in [3.05, 3.63) is 45.2 Å². The second kappa shape index (κ2) is 7.77. The number of piperidine rings is 1. The lowest BCUT2D eigenvalue weighted by molar-refractivity contribution is 0.133. The Bertz CT molecular complexity index is 860. The fourth-order valence-corrected chi connectivity index (χ4v) is 4.62. The summed E-state index contributed by atoms with van der Waals surface area (Å²) in [6.07, 6.45) is 7.27. The number of hydrogen-bond donors (Lipinski definition) is 1. The zero-order valence-corrected chi connectivity index (χ0v) is 16.6. The first-order valence-corrected chi connectivity index (χ1v) is 10.5. The maximum atomic E-state index is 4.83. The number of aryl methyl sites for hydroxylation is 2. The van der Waals surface area contributed by atoms with Crippen molar-refractivity contribution in [3.8, 4) is 0 Å². The van der Waals surface area contributed by atoms with Gasteiger partial charge in [0.1, 0.15) is 16.6 Å². The van der Waals surface area contributed by atoms with Crippen LogP contribution in [0.25, 0.3) is 0 Å². The molecular weight excluding hydrogens is 364 g/mol. The van der Waals surface area contributed by atoms with Gasteiger partial charge in [-0.15, -0.1) is 22.7 Å². The predicted octanol–water partition coefficient (Wildman–Crippen LogP) is 4.48. The first kappa shape index (κ1) is 17.5. The zero-order chi connectivity index (χ0) is 17.9. The van der Waals surface area contributed by atoms with Gasteiger partial charge in [-0.05, 0) is 33.2 Å². The Balaban J connectivity index is 1.58. The predicted molar refractivity (Wildman–Crippen MR) is 106 cm³/mol. The molecule has 0 spiro atoms. The van der Waals surface area contributed by atoms with E-state index in [1.54, 1.807) is 22.7 Å². The number of hydrogen-bond acceptors (Lipinski definition) is 8. The minimum Gasteiger partial charge on any atom is -0.316 e. The van der Waals surface area contributed by atoms with Crippen LogP contribution in [0.3, 0.4) is 0 Å². The Kier molecular flexibility index (Phi) is 5.23. The smallest absolute Gasteiger partial charge is 0.188 e. The van der Waals surface area contributed by atoms with Gasteiger partial charge < -0.3 is 5.32 Å². The maximum Gasteiger partial charge on any atom is 0.188 e. The fourth-order valence-electron chi connectivity index (χ4n) is 3.30. The summed E-state index contributed by atoms with van der Waals surface area (Å²) >= 11 is 3.34. The molecule has 1 unspecified atom stereocenters. The number of likely N-dealkylation sites (tertiary alicyclic amines) is 1. The summed E-state index contributed by atoms with van der Waals surface area (Å²) in [4.78, 5) is 22.1. The lowest BCUT2D eigenvalue weighted by Crippen LogP contribution is -2.34.